The maximum Gasteiger partial charge on any atom is 0.277 e. The number of benzene rings is 1. The summed E-state index contributed by atoms with van der Waals surface area (Å²) in [7, 11) is 1.67. The van der Waals surface area contributed by atoms with Crippen LogP contribution in [0, 0.1) is 0 Å². The van der Waals surface area contributed by atoms with Crippen LogP contribution < -0.4 is 5.56 Å². The van der Waals surface area contributed by atoms with Gasteiger partial charge in [-0.25, -0.2) is 4.98 Å². The lowest BCUT2D eigenvalue weighted by Crippen LogP contribution is -2.16. The van der Waals surface area contributed by atoms with E-state index in [2.05, 4.69) is 9.97 Å². The molecule has 0 aliphatic rings. The van der Waals surface area contributed by atoms with Crippen LogP contribution in [-0.4, -0.2) is 14.5 Å². The minimum Gasteiger partial charge on any atom is -0.349 e. The van der Waals surface area contributed by atoms with Crippen LogP contribution >= 0.6 is 11.6 Å². The van der Waals surface area contributed by atoms with Crippen LogP contribution in [0.1, 0.15) is 0 Å². The lowest BCUT2D eigenvalue weighted by Gasteiger charge is -1.94. The number of fused-ring (bicyclic) bond motifs is 3. The fraction of sp³-hybridized carbons (Fsp3) is 0.0909. The third-order valence-corrected chi connectivity index (χ3v) is 2.86. The monoisotopic (exact) mass is 233 g/mol. The van der Waals surface area contributed by atoms with E-state index < -0.39 is 0 Å². The predicted molar refractivity (Wildman–Crippen MR) is 63.9 cm³/mol. The van der Waals surface area contributed by atoms with Gasteiger partial charge >= 0.3 is 0 Å². The average Bonchev–Trinajstić information content (AvgIpc) is 2.62. The molecule has 0 fully saturated rings. The zero-order chi connectivity index (χ0) is 11.3. The van der Waals surface area contributed by atoms with Crippen molar-refractivity contribution in [2.24, 2.45) is 7.05 Å². The molecule has 0 amide bonds. The van der Waals surface area contributed by atoms with Crippen LogP contribution in [-0.2, 0) is 7.05 Å². The van der Waals surface area contributed by atoms with Crippen molar-refractivity contribution in [3.05, 3.63) is 39.9 Å². The van der Waals surface area contributed by atoms with Gasteiger partial charge < -0.3 is 9.55 Å². The number of hydrogen-bond acceptors (Lipinski definition) is 2. The van der Waals surface area contributed by atoms with Crippen LogP contribution in [0.4, 0.5) is 0 Å². The van der Waals surface area contributed by atoms with E-state index in [1.54, 1.807) is 13.1 Å². The molecule has 2 aromatic heterocycles. The fourth-order valence-corrected chi connectivity index (χ4v) is 1.98. The van der Waals surface area contributed by atoms with E-state index in [9.17, 15) is 4.79 Å². The molecular formula is C11H8ClN3O. The highest BCUT2D eigenvalue weighted by molar-refractivity contribution is 6.31. The smallest absolute Gasteiger partial charge is 0.277 e. The van der Waals surface area contributed by atoms with Crippen molar-refractivity contribution in [2.45, 2.75) is 0 Å². The van der Waals surface area contributed by atoms with Gasteiger partial charge in [0.1, 0.15) is 11.0 Å². The number of H-pyrrole nitrogens is 1. The quantitative estimate of drug-likeness (QED) is 0.646. The van der Waals surface area contributed by atoms with Gasteiger partial charge in [-0.3, -0.25) is 4.79 Å². The molecule has 2 heterocycles. The van der Waals surface area contributed by atoms with Gasteiger partial charge in [-0.2, -0.15) is 0 Å². The summed E-state index contributed by atoms with van der Waals surface area (Å²) in [5.41, 5.74) is 1.97. The Morgan fingerprint density at radius 3 is 3.06 bits per heavy atom. The largest absolute Gasteiger partial charge is 0.349 e. The SMILES string of the molecule is Cn1cnc2c([nH]c3ccc(Cl)cc32)c1=O. The van der Waals surface area contributed by atoms with Crippen LogP contribution in [0.3, 0.4) is 0 Å². The van der Waals surface area contributed by atoms with Crippen molar-refractivity contribution in [3.63, 3.8) is 0 Å². The third-order valence-electron chi connectivity index (χ3n) is 2.63. The first kappa shape index (κ1) is 9.42. The van der Waals surface area contributed by atoms with Gasteiger partial charge in [-0.1, -0.05) is 11.6 Å². The van der Waals surface area contributed by atoms with Crippen molar-refractivity contribution in [1.29, 1.82) is 0 Å². The lowest BCUT2D eigenvalue weighted by molar-refractivity contribution is 0.841. The molecule has 0 radical (unpaired) electrons. The number of nitrogens with zero attached hydrogens (tertiary/aromatic N) is 2. The van der Waals surface area contributed by atoms with Crippen LogP contribution in [0.25, 0.3) is 21.9 Å². The first-order chi connectivity index (χ1) is 7.66. The van der Waals surface area contributed by atoms with Crippen LogP contribution in [0.2, 0.25) is 5.02 Å². The highest BCUT2D eigenvalue weighted by atomic mass is 35.5. The fourth-order valence-electron chi connectivity index (χ4n) is 1.81. The number of hydrogen-bond donors (Lipinski definition) is 1. The molecule has 0 aliphatic carbocycles. The van der Waals surface area contributed by atoms with Gasteiger partial charge in [0.05, 0.1) is 6.33 Å². The molecule has 3 rings (SSSR count). The van der Waals surface area contributed by atoms with Crippen molar-refractivity contribution in [2.75, 3.05) is 0 Å². The second-order valence-corrected chi connectivity index (χ2v) is 4.14. The predicted octanol–water partition coefficient (Wildman–Crippen LogP) is 2.07. The van der Waals surface area contributed by atoms with E-state index in [-0.39, 0.29) is 5.56 Å². The first-order valence-electron chi connectivity index (χ1n) is 4.79. The number of rotatable bonds is 0. The summed E-state index contributed by atoms with van der Waals surface area (Å²) in [5, 5.41) is 1.51. The van der Waals surface area contributed by atoms with E-state index in [0.29, 0.717) is 16.1 Å². The zero-order valence-corrected chi connectivity index (χ0v) is 9.25. The van der Waals surface area contributed by atoms with Gasteiger partial charge in [0, 0.05) is 23.0 Å². The lowest BCUT2D eigenvalue weighted by atomic mass is 10.2. The highest BCUT2D eigenvalue weighted by Crippen LogP contribution is 2.24. The molecule has 0 bridgehead atoms. The molecule has 16 heavy (non-hydrogen) atoms. The minimum absolute atomic E-state index is 0.0858. The van der Waals surface area contributed by atoms with Crippen molar-refractivity contribution >= 4 is 33.5 Å². The number of aryl methyl sites for hydroxylation is 1. The molecule has 0 atom stereocenters. The molecule has 4 nitrogen and oxygen atoms in total. The molecule has 0 unspecified atom stereocenters. The molecule has 0 spiro atoms. The summed E-state index contributed by atoms with van der Waals surface area (Å²) in [4.78, 5) is 19.1. The van der Waals surface area contributed by atoms with E-state index in [1.807, 2.05) is 12.1 Å². The Bertz CT molecular complexity index is 757. The van der Waals surface area contributed by atoms with Crippen molar-refractivity contribution in [3.8, 4) is 0 Å². The molecule has 5 heteroatoms. The summed E-state index contributed by atoms with van der Waals surface area (Å²) in [6.45, 7) is 0. The Labute approximate surface area is 95.5 Å². The van der Waals surface area contributed by atoms with Gasteiger partial charge in [-0.05, 0) is 18.2 Å². The van der Waals surface area contributed by atoms with E-state index >= 15 is 0 Å². The topological polar surface area (TPSA) is 50.7 Å². The standard InChI is InChI=1S/C11H8ClN3O/c1-15-5-13-9-7-4-6(12)2-3-8(7)14-10(9)11(15)16/h2-5,14H,1H3. The number of nitrogens with one attached hydrogen (secondary N) is 1. The maximum absolute atomic E-state index is 11.8. The Balaban J connectivity index is 2.61. The van der Waals surface area contributed by atoms with E-state index in [4.69, 9.17) is 11.6 Å². The van der Waals surface area contributed by atoms with Gasteiger partial charge in [0.2, 0.25) is 0 Å². The molecule has 3 aromatic rings. The van der Waals surface area contributed by atoms with Gasteiger partial charge in [0.25, 0.3) is 5.56 Å². The summed E-state index contributed by atoms with van der Waals surface area (Å²) < 4.78 is 1.44. The molecular weight excluding hydrogens is 226 g/mol. The molecule has 1 aromatic carbocycles. The molecule has 80 valence electrons. The Hall–Kier alpha value is -1.81. The maximum atomic E-state index is 11.8. The number of aromatic amines is 1. The van der Waals surface area contributed by atoms with E-state index in [0.717, 1.165) is 10.9 Å². The Kier molecular flexibility index (Phi) is 1.82. The second-order valence-electron chi connectivity index (χ2n) is 3.70. The van der Waals surface area contributed by atoms with Crippen molar-refractivity contribution in [1.82, 2.24) is 14.5 Å². The normalized spacial score (nSPS) is 11.4. The Morgan fingerprint density at radius 1 is 1.44 bits per heavy atom. The molecule has 0 aliphatic heterocycles. The summed E-state index contributed by atoms with van der Waals surface area (Å²) in [5.74, 6) is 0. The molecule has 0 saturated carbocycles. The molecule has 1 N–H and O–H groups in total. The minimum atomic E-state index is -0.0858. The zero-order valence-electron chi connectivity index (χ0n) is 8.49. The third kappa shape index (κ3) is 1.17. The molecule has 0 saturated heterocycles. The highest BCUT2D eigenvalue weighted by Gasteiger charge is 2.09. The first-order valence-corrected chi connectivity index (χ1v) is 5.17. The Morgan fingerprint density at radius 2 is 2.25 bits per heavy atom. The number of aromatic nitrogens is 3. The van der Waals surface area contributed by atoms with Gasteiger partial charge in [-0.15, -0.1) is 0 Å². The van der Waals surface area contributed by atoms with Crippen molar-refractivity contribution < 1.29 is 0 Å². The van der Waals surface area contributed by atoms with Gasteiger partial charge in [0.15, 0.2) is 0 Å². The van der Waals surface area contributed by atoms with Crippen LogP contribution in [0.5, 0.6) is 0 Å². The second kappa shape index (κ2) is 3.09. The van der Waals surface area contributed by atoms with Crippen LogP contribution in [0.15, 0.2) is 29.3 Å². The summed E-state index contributed by atoms with van der Waals surface area (Å²) in [6.07, 6.45) is 1.51. The number of halogens is 1. The summed E-state index contributed by atoms with van der Waals surface area (Å²) in [6, 6.07) is 5.44. The summed E-state index contributed by atoms with van der Waals surface area (Å²) >= 11 is 5.92. The van der Waals surface area contributed by atoms with E-state index in [1.165, 1.54) is 10.9 Å². The average molecular weight is 234 g/mol.